The Labute approximate surface area is 196 Å². The molecule has 2 aromatic carbocycles. The Kier molecular flexibility index (Phi) is 5.48. The molecule has 0 aliphatic rings. The van der Waals surface area contributed by atoms with Crippen molar-refractivity contribution in [2.75, 3.05) is 4.90 Å². The summed E-state index contributed by atoms with van der Waals surface area (Å²) in [4.78, 5) is 24.7. The van der Waals surface area contributed by atoms with Crippen LogP contribution in [0.15, 0.2) is 73.2 Å². The number of anilines is 1. The number of pyridine rings is 1. The predicted molar refractivity (Wildman–Crippen MR) is 132 cm³/mol. The van der Waals surface area contributed by atoms with E-state index >= 15 is 0 Å². The number of hydrogen-bond donors (Lipinski definition) is 0. The van der Waals surface area contributed by atoms with Gasteiger partial charge in [-0.2, -0.15) is 5.10 Å². The second-order valence-electron chi connectivity index (χ2n) is 8.07. The van der Waals surface area contributed by atoms with Crippen molar-refractivity contribution < 1.29 is 4.79 Å². The second-order valence-corrected chi connectivity index (χ2v) is 9.08. The standard InChI is InChI=1S/C26H23N5OS/c1-17-12-18(2)24-23(13-17)33-26(29-24)30(16-20-8-7-11-27-14-20)25(32)22-15-28-31(19(22)3)21-9-5-4-6-10-21/h4-15H,16H2,1-3H3. The summed E-state index contributed by atoms with van der Waals surface area (Å²) < 4.78 is 2.87. The van der Waals surface area contributed by atoms with Crippen LogP contribution in [0, 0.1) is 20.8 Å². The van der Waals surface area contributed by atoms with E-state index in [1.165, 1.54) is 16.9 Å². The molecule has 33 heavy (non-hydrogen) atoms. The number of fused-ring (bicyclic) bond motifs is 1. The fourth-order valence-corrected chi connectivity index (χ4v) is 5.11. The molecule has 0 N–H and O–H groups in total. The molecule has 5 aromatic rings. The number of benzene rings is 2. The number of rotatable bonds is 5. The van der Waals surface area contributed by atoms with Crippen LogP contribution in [0.5, 0.6) is 0 Å². The van der Waals surface area contributed by atoms with E-state index in [9.17, 15) is 4.79 Å². The molecule has 6 nitrogen and oxygen atoms in total. The second kappa shape index (κ2) is 8.60. The Bertz CT molecular complexity index is 1440. The summed E-state index contributed by atoms with van der Waals surface area (Å²) in [6.45, 7) is 6.42. The average molecular weight is 454 g/mol. The molecule has 7 heteroatoms. The van der Waals surface area contributed by atoms with Gasteiger partial charge in [0.2, 0.25) is 0 Å². The first kappa shape index (κ1) is 21.0. The number of aryl methyl sites for hydroxylation is 2. The largest absolute Gasteiger partial charge is 0.279 e. The number of aromatic nitrogens is 4. The molecule has 0 bridgehead atoms. The maximum absolute atomic E-state index is 13.9. The molecular weight excluding hydrogens is 430 g/mol. The first-order valence-electron chi connectivity index (χ1n) is 10.7. The first-order valence-corrected chi connectivity index (χ1v) is 11.5. The zero-order valence-electron chi connectivity index (χ0n) is 18.7. The summed E-state index contributed by atoms with van der Waals surface area (Å²) in [5.74, 6) is -0.132. The van der Waals surface area contributed by atoms with Crippen LogP contribution in [0.4, 0.5) is 5.13 Å². The van der Waals surface area contributed by atoms with Crippen LogP contribution >= 0.6 is 11.3 Å². The maximum atomic E-state index is 13.9. The monoisotopic (exact) mass is 453 g/mol. The van der Waals surface area contributed by atoms with E-state index in [1.54, 1.807) is 28.2 Å². The normalized spacial score (nSPS) is 11.1. The van der Waals surface area contributed by atoms with Gasteiger partial charge in [0, 0.05) is 12.4 Å². The Morgan fingerprint density at radius 2 is 1.85 bits per heavy atom. The van der Waals surface area contributed by atoms with E-state index in [-0.39, 0.29) is 5.91 Å². The molecule has 3 aromatic heterocycles. The summed E-state index contributed by atoms with van der Waals surface area (Å²) in [6.07, 6.45) is 5.15. The minimum absolute atomic E-state index is 0.132. The highest BCUT2D eigenvalue weighted by Crippen LogP contribution is 2.33. The van der Waals surface area contributed by atoms with Gasteiger partial charge >= 0.3 is 0 Å². The molecule has 5 rings (SSSR count). The van der Waals surface area contributed by atoms with E-state index < -0.39 is 0 Å². The van der Waals surface area contributed by atoms with Gasteiger partial charge < -0.3 is 0 Å². The highest BCUT2D eigenvalue weighted by molar-refractivity contribution is 7.22. The summed E-state index contributed by atoms with van der Waals surface area (Å²) in [7, 11) is 0. The molecule has 164 valence electrons. The summed E-state index contributed by atoms with van der Waals surface area (Å²) in [5, 5.41) is 5.16. The van der Waals surface area contributed by atoms with Gasteiger partial charge in [-0.15, -0.1) is 0 Å². The lowest BCUT2D eigenvalue weighted by Crippen LogP contribution is -2.30. The summed E-state index contributed by atoms with van der Waals surface area (Å²) in [6, 6.07) is 17.9. The molecule has 3 heterocycles. The number of thiazole rings is 1. The third-order valence-corrected chi connectivity index (χ3v) is 6.62. The number of amides is 1. The van der Waals surface area contributed by atoms with E-state index in [4.69, 9.17) is 4.98 Å². The number of carbonyl (C=O) groups excluding carboxylic acids is 1. The van der Waals surface area contributed by atoms with E-state index in [2.05, 4.69) is 36.1 Å². The lowest BCUT2D eigenvalue weighted by molar-refractivity contribution is 0.0984. The molecule has 0 unspecified atom stereocenters. The number of carbonyl (C=O) groups is 1. The molecule has 1 amide bonds. The fourth-order valence-electron chi connectivity index (χ4n) is 3.97. The van der Waals surface area contributed by atoms with Crippen molar-refractivity contribution in [2.24, 2.45) is 0 Å². The molecule has 0 atom stereocenters. The highest BCUT2D eigenvalue weighted by atomic mass is 32.1. The van der Waals surface area contributed by atoms with Gasteiger partial charge in [-0.3, -0.25) is 14.7 Å². The van der Waals surface area contributed by atoms with E-state index in [0.717, 1.165) is 32.7 Å². The quantitative estimate of drug-likeness (QED) is 0.345. The van der Waals surface area contributed by atoms with Gasteiger partial charge in [-0.05, 0) is 61.7 Å². The summed E-state index contributed by atoms with van der Waals surface area (Å²) >= 11 is 1.53. The van der Waals surface area contributed by atoms with Crippen LogP contribution < -0.4 is 4.90 Å². The van der Waals surface area contributed by atoms with Crippen LogP contribution in [0.3, 0.4) is 0 Å². The minimum Gasteiger partial charge on any atom is -0.279 e. The van der Waals surface area contributed by atoms with Crippen molar-refractivity contribution >= 4 is 32.6 Å². The molecule has 0 aliphatic carbocycles. The Morgan fingerprint density at radius 3 is 2.61 bits per heavy atom. The number of para-hydroxylation sites is 1. The molecule has 0 saturated heterocycles. The zero-order chi connectivity index (χ0) is 22.9. The van der Waals surface area contributed by atoms with Crippen molar-refractivity contribution in [3.05, 3.63) is 101 Å². The van der Waals surface area contributed by atoms with Crippen molar-refractivity contribution in [1.29, 1.82) is 0 Å². The van der Waals surface area contributed by atoms with Crippen LogP contribution in [-0.4, -0.2) is 25.7 Å². The fraction of sp³-hybridized carbons (Fsp3) is 0.154. The van der Waals surface area contributed by atoms with Crippen molar-refractivity contribution in [2.45, 2.75) is 27.3 Å². The number of nitrogens with zero attached hydrogens (tertiary/aromatic N) is 5. The van der Waals surface area contributed by atoms with Gasteiger partial charge in [0.15, 0.2) is 5.13 Å². The van der Waals surface area contributed by atoms with Crippen LogP contribution in [0.1, 0.15) is 32.7 Å². The van der Waals surface area contributed by atoms with Gasteiger partial charge in [-0.25, -0.2) is 9.67 Å². The smallest absolute Gasteiger partial charge is 0.263 e. The lowest BCUT2D eigenvalue weighted by atomic mass is 10.1. The molecule has 0 saturated carbocycles. The molecule has 0 spiro atoms. The molecular formula is C26H23N5OS. The van der Waals surface area contributed by atoms with Crippen molar-refractivity contribution in [3.8, 4) is 5.69 Å². The molecule has 0 aliphatic heterocycles. The Morgan fingerprint density at radius 1 is 1.03 bits per heavy atom. The van der Waals surface area contributed by atoms with E-state index in [1.807, 2.05) is 49.4 Å². The van der Waals surface area contributed by atoms with Gasteiger partial charge in [0.25, 0.3) is 5.91 Å². The molecule has 0 radical (unpaired) electrons. The summed E-state index contributed by atoms with van der Waals surface area (Å²) in [5.41, 5.74) is 6.41. The van der Waals surface area contributed by atoms with Crippen LogP contribution in [0.25, 0.3) is 15.9 Å². The zero-order valence-corrected chi connectivity index (χ0v) is 19.5. The predicted octanol–water partition coefficient (Wildman–Crippen LogP) is 5.65. The maximum Gasteiger partial charge on any atom is 0.263 e. The van der Waals surface area contributed by atoms with Gasteiger partial charge in [0.05, 0.1) is 39.9 Å². The number of hydrogen-bond acceptors (Lipinski definition) is 5. The Hall–Kier alpha value is -3.84. The highest BCUT2D eigenvalue weighted by Gasteiger charge is 2.26. The van der Waals surface area contributed by atoms with Crippen molar-refractivity contribution in [3.63, 3.8) is 0 Å². The van der Waals surface area contributed by atoms with Crippen LogP contribution in [0.2, 0.25) is 0 Å². The average Bonchev–Trinajstić information content (AvgIpc) is 3.42. The van der Waals surface area contributed by atoms with Gasteiger partial charge in [0.1, 0.15) is 0 Å². The molecule has 0 fully saturated rings. The van der Waals surface area contributed by atoms with Crippen molar-refractivity contribution in [1.82, 2.24) is 19.7 Å². The van der Waals surface area contributed by atoms with Crippen LogP contribution in [-0.2, 0) is 6.54 Å². The third-order valence-electron chi connectivity index (χ3n) is 5.60. The third kappa shape index (κ3) is 4.03. The Balaban J connectivity index is 1.59. The topological polar surface area (TPSA) is 63.9 Å². The lowest BCUT2D eigenvalue weighted by Gasteiger charge is -2.20. The SMILES string of the molecule is Cc1cc(C)c2nc(N(Cc3cccnc3)C(=O)c3cnn(-c4ccccc4)c3C)sc2c1. The first-order chi connectivity index (χ1) is 16.0. The minimum atomic E-state index is -0.132. The van der Waals surface area contributed by atoms with Gasteiger partial charge in [-0.1, -0.05) is 41.7 Å². The van der Waals surface area contributed by atoms with E-state index in [0.29, 0.717) is 17.2 Å².